The van der Waals surface area contributed by atoms with Crippen LogP contribution < -0.4 is 19.5 Å². The minimum Gasteiger partial charge on any atom is -0.493 e. The Labute approximate surface area is 139 Å². The largest absolute Gasteiger partial charge is 0.493 e. The zero-order valence-electron chi connectivity index (χ0n) is 14.0. The lowest BCUT2D eigenvalue weighted by atomic mass is 10.1. The van der Waals surface area contributed by atoms with Crippen molar-refractivity contribution in [3.63, 3.8) is 0 Å². The topological polar surface area (TPSA) is 94.2 Å². The summed E-state index contributed by atoms with van der Waals surface area (Å²) in [5, 5.41) is 3.29. The van der Waals surface area contributed by atoms with Gasteiger partial charge in [-0.2, -0.15) is 0 Å². The van der Waals surface area contributed by atoms with Gasteiger partial charge in [0.2, 0.25) is 5.75 Å². The van der Waals surface area contributed by atoms with Crippen LogP contribution in [0.15, 0.2) is 18.5 Å². The first-order chi connectivity index (χ1) is 11.7. The van der Waals surface area contributed by atoms with E-state index < -0.39 is 0 Å². The smallest absolute Gasteiger partial charge is 0.203 e. The number of hydrogen-bond acceptors (Lipinski definition) is 7. The molecule has 1 aromatic carbocycles. The van der Waals surface area contributed by atoms with Gasteiger partial charge in [0.25, 0.3) is 0 Å². The number of aryl methyl sites for hydroxylation is 1. The molecule has 0 bridgehead atoms. The predicted molar refractivity (Wildman–Crippen MR) is 89.8 cm³/mol. The van der Waals surface area contributed by atoms with Gasteiger partial charge in [-0.15, -0.1) is 0 Å². The number of anilines is 1. The monoisotopic (exact) mass is 329 g/mol. The third kappa shape index (κ3) is 2.90. The molecule has 0 saturated carbocycles. The van der Waals surface area contributed by atoms with Crippen molar-refractivity contribution in [3.05, 3.63) is 29.8 Å². The van der Waals surface area contributed by atoms with E-state index in [-0.39, 0.29) is 0 Å². The number of nitrogens with zero attached hydrogens (tertiary/aromatic N) is 3. The van der Waals surface area contributed by atoms with Gasteiger partial charge in [-0.05, 0) is 24.6 Å². The zero-order valence-corrected chi connectivity index (χ0v) is 14.0. The summed E-state index contributed by atoms with van der Waals surface area (Å²) in [7, 11) is 4.77. The normalized spacial score (nSPS) is 10.7. The Morgan fingerprint density at radius 2 is 1.75 bits per heavy atom. The van der Waals surface area contributed by atoms with E-state index in [9.17, 15) is 0 Å². The molecule has 24 heavy (non-hydrogen) atoms. The molecule has 0 spiro atoms. The van der Waals surface area contributed by atoms with E-state index in [1.807, 2.05) is 19.1 Å². The fourth-order valence-corrected chi connectivity index (χ4v) is 2.49. The van der Waals surface area contributed by atoms with Crippen LogP contribution in [0.3, 0.4) is 0 Å². The minimum atomic E-state index is 0.523. The van der Waals surface area contributed by atoms with Crippen LogP contribution in [0.4, 0.5) is 5.82 Å². The van der Waals surface area contributed by atoms with Crippen LogP contribution in [0.25, 0.3) is 11.2 Å². The summed E-state index contributed by atoms with van der Waals surface area (Å²) in [4.78, 5) is 16.0. The molecule has 8 nitrogen and oxygen atoms in total. The first-order valence-electron chi connectivity index (χ1n) is 7.36. The molecule has 0 amide bonds. The fourth-order valence-electron chi connectivity index (χ4n) is 2.49. The Morgan fingerprint density at radius 1 is 1.04 bits per heavy atom. The molecular formula is C16H19N5O3. The van der Waals surface area contributed by atoms with Crippen molar-refractivity contribution < 1.29 is 14.2 Å². The van der Waals surface area contributed by atoms with Crippen molar-refractivity contribution in [1.29, 1.82) is 0 Å². The van der Waals surface area contributed by atoms with Crippen molar-refractivity contribution in [2.75, 3.05) is 26.6 Å². The maximum absolute atomic E-state index is 5.37. The maximum Gasteiger partial charge on any atom is 0.203 e. The molecule has 3 aromatic rings. The number of H-pyrrole nitrogens is 1. The molecule has 2 aromatic heterocycles. The number of methoxy groups -OCH3 is 3. The summed E-state index contributed by atoms with van der Waals surface area (Å²) in [6.45, 7) is 2.36. The van der Waals surface area contributed by atoms with Crippen LogP contribution in [0, 0.1) is 6.92 Å². The standard InChI is InChI=1S/C16H19N5O3/c1-9-20-15(13-16(21-9)19-8-18-13)17-7-10-5-11(22-2)14(24-4)12(6-10)23-3/h5-6,8H,7H2,1-4H3,(H2,17,18,19,20,21). The van der Waals surface area contributed by atoms with Gasteiger partial charge in [0.1, 0.15) is 11.3 Å². The van der Waals surface area contributed by atoms with Crippen LogP contribution >= 0.6 is 0 Å². The Morgan fingerprint density at radius 3 is 2.38 bits per heavy atom. The molecule has 8 heteroatoms. The van der Waals surface area contributed by atoms with E-state index in [2.05, 4.69) is 25.3 Å². The summed E-state index contributed by atoms with van der Waals surface area (Å²) < 4.78 is 16.1. The lowest BCUT2D eigenvalue weighted by molar-refractivity contribution is 0.324. The lowest BCUT2D eigenvalue weighted by Crippen LogP contribution is -2.05. The Bertz CT molecular complexity index is 837. The SMILES string of the molecule is COc1cc(CNc2nc(C)nc3[nH]cnc23)cc(OC)c1OC. The number of aromatic amines is 1. The third-order valence-electron chi connectivity index (χ3n) is 3.58. The van der Waals surface area contributed by atoms with E-state index >= 15 is 0 Å². The van der Waals surface area contributed by atoms with Gasteiger partial charge in [-0.3, -0.25) is 0 Å². The van der Waals surface area contributed by atoms with Crippen molar-refractivity contribution in [2.45, 2.75) is 13.5 Å². The molecule has 2 heterocycles. The first kappa shape index (κ1) is 15.9. The maximum atomic E-state index is 5.37. The molecule has 0 unspecified atom stereocenters. The van der Waals surface area contributed by atoms with Crippen LogP contribution in [0.1, 0.15) is 11.4 Å². The first-order valence-corrected chi connectivity index (χ1v) is 7.36. The summed E-state index contributed by atoms with van der Waals surface area (Å²) >= 11 is 0. The summed E-state index contributed by atoms with van der Waals surface area (Å²) in [6.07, 6.45) is 1.60. The second-order valence-corrected chi connectivity index (χ2v) is 5.11. The van der Waals surface area contributed by atoms with Crippen LogP contribution in [-0.2, 0) is 6.54 Å². The highest BCUT2D eigenvalue weighted by atomic mass is 16.5. The van der Waals surface area contributed by atoms with Crippen molar-refractivity contribution in [3.8, 4) is 17.2 Å². The second-order valence-electron chi connectivity index (χ2n) is 5.11. The van der Waals surface area contributed by atoms with Crippen molar-refractivity contribution in [1.82, 2.24) is 19.9 Å². The summed E-state index contributed by atoms with van der Waals surface area (Å²) in [5.41, 5.74) is 2.37. The number of benzene rings is 1. The molecule has 0 aliphatic heterocycles. The molecule has 3 rings (SSSR count). The average molecular weight is 329 g/mol. The molecule has 126 valence electrons. The van der Waals surface area contributed by atoms with Crippen LogP contribution in [0.2, 0.25) is 0 Å². The van der Waals surface area contributed by atoms with E-state index in [4.69, 9.17) is 14.2 Å². The van der Waals surface area contributed by atoms with Gasteiger partial charge in [0.15, 0.2) is 23.0 Å². The number of imidazole rings is 1. The van der Waals surface area contributed by atoms with E-state index in [0.29, 0.717) is 46.6 Å². The highest BCUT2D eigenvalue weighted by Gasteiger charge is 2.14. The molecule has 0 aliphatic rings. The quantitative estimate of drug-likeness (QED) is 0.716. The highest BCUT2D eigenvalue weighted by Crippen LogP contribution is 2.38. The summed E-state index contributed by atoms with van der Waals surface area (Å²) in [6, 6.07) is 3.79. The molecular weight excluding hydrogens is 310 g/mol. The Hall–Kier alpha value is -3.03. The van der Waals surface area contributed by atoms with E-state index in [1.54, 1.807) is 27.7 Å². The molecule has 0 aliphatic carbocycles. The van der Waals surface area contributed by atoms with Gasteiger partial charge in [-0.25, -0.2) is 15.0 Å². The van der Waals surface area contributed by atoms with Crippen LogP contribution in [0.5, 0.6) is 17.2 Å². The fraction of sp³-hybridized carbons (Fsp3) is 0.312. The molecule has 0 radical (unpaired) electrons. The molecule has 0 saturated heterocycles. The second kappa shape index (κ2) is 6.61. The van der Waals surface area contributed by atoms with E-state index in [0.717, 1.165) is 5.56 Å². The Kier molecular flexibility index (Phi) is 4.37. The zero-order chi connectivity index (χ0) is 17.1. The average Bonchev–Trinajstić information content (AvgIpc) is 3.06. The third-order valence-corrected chi connectivity index (χ3v) is 3.58. The molecule has 0 fully saturated rings. The number of aromatic nitrogens is 4. The van der Waals surface area contributed by atoms with Gasteiger partial charge < -0.3 is 24.5 Å². The van der Waals surface area contributed by atoms with Crippen LogP contribution in [-0.4, -0.2) is 41.3 Å². The predicted octanol–water partition coefficient (Wildman–Crippen LogP) is 2.30. The van der Waals surface area contributed by atoms with Crippen molar-refractivity contribution >= 4 is 17.0 Å². The molecule has 2 N–H and O–H groups in total. The summed E-state index contributed by atoms with van der Waals surface area (Å²) in [5.74, 6) is 3.12. The lowest BCUT2D eigenvalue weighted by Gasteiger charge is -2.14. The number of nitrogens with one attached hydrogen (secondary N) is 2. The van der Waals surface area contributed by atoms with Gasteiger partial charge in [0.05, 0.1) is 27.7 Å². The number of fused-ring (bicyclic) bond motifs is 1. The van der Waals surface area contributed by atoms with Crippen molar-refractivity contribution in [2.24, 2.45) is 0 Å². The van der Waals surface area contributed by atoms with Gasteiger partial charge in [0, 0.05) is 6.54 Å². The number of hydrogen-bond donors (Lipinski definition) is 2. The van der Waals surface area contributed by atoms with E-state index in [1.165, 1.54) is 0 Å². The molecule has 0 atom stereocenters. The number of ether oxygens (including phenoxy) is 3. The minimum absolute atomic E-state index is 0.523. The Balaban J connectivity index is 1.89. The van der Waals surface area contributed by atoms with Gasteiger partial charge >= 0.3 is 0 Å². The highest BCUT2D eigenvalue weighted by molar-refractivity contribution is 5.82. The number of rotatable bonds is 6. The van der Waals surface area contributed by atoms with Gasteiger partial charge in [-0.1, -0.05) is 0 Å².